The Morgan fingerprint density at radius 3 is 2.23 bits per heavy atom. The second kappa shape index (κ2) is 11.7. The Bertz CT molecular complexity index is 1370. The molecule has 206 valence electrons. The van der Waals surface area contributed by atoms with Gasteiger partial charge >= 0.3 is 0 Å². The second-order valence-electron chi connectivity index (χ2n) is 11.0. The van der Waals surface area contributed by atoms with Crippen LogP contribution in [-0.4, -0.2) is 40.5 Å². The normalized spacial score (nSPS) is 28.8. The molecule has 7 atom stereocenters. The fourth-order valence-corrected chi connectivity index (χ4v) is 7.57. The van der Waals surface area contributed by atoms with Crippen LogP contribution in [0.15, 0.2) is 96.1 Å². The van der Waals surface area contributed by atoms with Gasteiger partial charge in [0.25, 0.3) is 5.91 Å². The fourth-order valence-electron chi connectivity index (χ4n) is 6.87. The van der Waals surface area contributed by atoms with Crippen LogP contribution in [0.3, 0.4) is 0 Å². The molecule has 40 heavy (non-hydrogen) atoms. The molecule has 2 aliphatic heterocycles. The Balaban J connectivity index is 1.41. The number of piperidine rings is 1. The number of rotatable bonds is 6. The molecule has 1 aliphatic carbocycles. The molecule has 1 saturated heterocycles. The summed E-state index contributed by atoms with van der Waals surface area (Å²) >= 11 is 3.87. The summed E-state index contributed by atoms with van der Waals surface area (Å²) in [5.74, 6) is -0.418. The van der Waals surface area contributed by atoms with Crippen LogP contribution in [0, 0.1) is 11.8 Å². The molecule has 0 aromatic heterocycles. The number of hydrogen-bond acceptors (Lipinski definition) is 4. The number of fused-ring (bicyclic) bond motifs is 1. The lowest BCUT2D eigenvalue weighted by Gasteiger charge is -2.46. The summed E-state index contributed by atoms with van der Waals surface area (Å²) < 4.78 is 5.72. The van der Waals surface area contributed by atoms with Crippen molar-refractivity contribution in [2.24, 2.45) is 16.9 Å². The van der Waals surface area contributed by atoms with Crippen molar-refractivity contribution in [2.75, 3.05) is 7.11 Å². The van der Waals surface area contributed by atoms with Gasteiger partial charge in [0.05, 0.1) is 17.7 Å². The van der Waals surface area contributed by atoms with E-state index in [-0.39, 0.29) is 35.7 Å². The number of carbonyl (C=O) groups is 2. The van der Waals surface area contributed by atoms with E-state index in [9.17, 15) is 9.59 Å². The molecular weight excluding hydrogens is 566 g/mol. The number of nitrogens with one attached hydrogen (secondary N) is 1. The minimum atomic E-state index is -0.794. The van der Waals surface area contributed by atoms with Crippen molar-refractivity contribution in [3.63, 3.8) is 0 Å². The Morgan fingerprint density at radius 1 is 0.950 bits per heavy atom. The molecule has 0 bridgehead atoms. The number of hydrazone groups is 1. The monoisotopic (exact) mass is 599 g/mol. The van der Waals surface area contributed by atoms with E-state index >= 15 is 0 Å². The Kier molecular flexibility index (Phi) is 7.85. The Hall–Kier alpha value is -3.29. The molecule has 7 unspecified atom stereocenters. The van der Waals surface area contributed by atoms with Gasteiger partial charge in [-0.15, -0.1) is 0 Å². The largest absolute Gasteiger partial charge is 0.367 e. The van der Waals surface area contributed by atoms with E-state index in [4.69, 9.17) is 9.84 Å². The smallest absolute Gasteiger partial charge is 0.276 e. The number of halogens is 1. The van der Waals surface area contributed by atoms with Gasteiger partial charge in [-0.2, -0.15) is 5.10 Å². The zero-order chi connectivity index (χ0) is 27.6. The quantitative estimate of drug-likeness (QED) is 0.345. The zero-order valence-electron chi connectivity index (χ0n) is 22.5. The first-order valence-corrected chi connectivity index (χ1v) is 15.0. The van der Waals surface area contributed by atoms with Gasteiger partial charge in [0.2, 0.25) is 5.91 Å². The highest BCUT2D eigenvalue weighted by molar-refractivity contribution is 9.09. The maximum absolute atomic E-state index is 14.1. The molecule has 3 aliphatic rings. The molecule has 2 fully saturated rings. The number of methoxy groups -OCH3 is 1. The summed E-state index contributed by atoms with van der Waals surface area (Å²) in [6.45, 7) is 0. The molecule has 2 heterocycles. The SMILES string of the molecule is COC(C(=O)N1N=C(C2C(=O)NC3CCC(Br)CC3C2c2ccccc2)CC1c1ccccc1)c1ccccc1. The van der Waals surface area contributed by atoms with E-state index in [0.29, 0.717) is 11.2 Å². The van der Waals surface area contributed by atoms with Crippen molar-refractivity contribution in [1.29, 1.82) is 0 Å². The van der Waals surface area contributed by atoms with Crippen LogP contribution in [0.1, 0.15) is 60.4 Å². The fraction of sp³-hybridized carbons (Fsp3) is 0.364. The van der Waals surface area contributed by atoms with Gasteiger partial charge in [-0.1, -0.05) is 107 Å². The number of amides is 2. The van der Waals surface area contributed by atoms with E-state index in [0.717, 1.165) is 41.7 Å². The third-order valence-electron chi connectivity index (χ3n) is 8.72. The van der Waals surface area contributed by atoms with Crippen LogP contribution in [0.5, 0.6) is 0 Å². The highest BCUT2D eigenvalue weighted by Gasteiger charge is 2.51. The maximum atomic E-state index is 14.1. The molecule has 2 amide bonds. The van der Waals surface area contributed by atoms with Crippen LogP contribution in [0.25, 0.3) is 0 Å². The van der Waals surface area contributed by atoms with E-state index < -0.39 is 12.0 Å². The van der Waals surface area contributed by atoms with Crippen molar-refractivity contribution >= 4 is 33.5 Å². The summed E-state index contributed by atoms with van der Waals surface area (Å²) in [5, 5.41) is 9.92. The highest BCUT2D eigenvalue weighted by Crippen LogP contribution is 2.48. The van der Waals surface area contributed by atoms with Crippen molar-refractivity contribution in [3.8, 4) is 0 Å². The van der Waals surface area contributed by atoms with Crippen LogP contribution >= 0.6 is 15.9 Å². The predicted molar refractivity (Wildman–Crippen MR) is 159 cm³/mol. The zero-order valence-corrected chi connectivity index (χ0v) is 24.1. The summed E-state index contributed by atoms with van der Waals surface area (Å²) in [4.78, 5) is 28.4. The second-order valence-corrected chi connectivity index (χ2v) is 12.3. The molecule has 3 aromatic rings. The Labute approximate surface area is 243 Å². The summed E-state index contributed by atoms with van der Waals surface area (Å²) in [7, 11) is 1.55. The van der Waals surface area contributed by atoms with Gasteiger partial charge in [0.15, 0.2) is 6.10 Å². The number of ether oxygens (including phenoxy) is 1. The van der Waals surface area contributed by atoms with E-state index in [1.807, 2.05) is 78.9 Å². The highest BCUT2D eigenvalue weighted by atomic mass is 79.9. The van der Waals surface area contributed by atoms with Gasteiger partial charge in [0.1, 0.15) is 0 Å². The number of carbonyl (C=O) groups excluding carboxylic acids is 2. The predicted octanol–water partition coefficient (Wildman–Crippen LogP) is 6.17. The van der Waals surface area contributed by atoms with Gasteiger partial charge in [-0.05, 0) is 41.9 Å². The van der Waals surface area contributed by atoms with Crippen molar-refractivity contribution in [2.45, 2.75) is 54.6 Å². The lowest BCUT2D eigenvalue weighted by atomic mass is 9.64. The van der Waals surface area contributed by atoms with Gasteiger partial charge in [-0.25, -0.2) is 5.01 Å². The lowest BCUT2D eigenvalue weighted by molar-refractivity contribution is -0.144. The Morgan fingerprint density at radius 2 is 1.57 bits per heavy atom. The number of alkyl halides is 1. The van der Waals surface area contributed by atoms with E-state index in [1.165, 1.54) is 0 Å². The van der Waals surface area contributed by atoms with Gasteiger partial charge in [-0.3, -0.25) is 9.59 Å². The summed E-state index contributed by atoms with van der Waals surface area (Å²) in [5.41, 5.74) is 3.67. The molecular formula is C33H34BrN3O3. The third-order valence-corrected chi connectivity index (χ3v) is 9.55. The van der Waals surface area contributed by atoms with Crippen molar-refractivity contribution in [1.82, 2.24) is 10.3 Å². The molecule has 3 aromatic carbocycles. The van der Waals surface area contributed by atoms with Gasteiger partial charge in [0, 0.05) is 30.3 Å². The molecule has 6 nitrogen and oxygen atoms in total. The first-order valence-electron chi connectivity index (χ1n) is 14.1. The molecule has 0 radical (unpaired) electrons. The average molecular weight is 601 g/mol. The summed E-state index contributed by atoms with van der Waals surface area (Å²) in [6.07, 6.45) is 2.69. The van der Waals surface area contributed by atoms with E-state index in [2.05, 4.69) is 33.4 Å². The number of nitrogens with zero attached hydrogens (tertiary/aromatic N) is 2. The van der Waals surface area contributed by atoms with Crippen molar-refractivity contribution in [3.05, 3.63) is 108 Å². The van der Waals surface area contributed by atoms with E-state index in [1.54, 1.807) is 12.1 Å². The van der Waals surface area contributed by atoms with Gasteiger partial charge < -0.3 is 10.1 Å². The molecule has 6 rings (SSSR count). The first kappa shape index (κ1) is 26.9. The molecule has 7 heteroatoms. The summed E-state index contributed by atoms with van der Waals surface area (Å²) in [6, 6.07) is 29.7. The number of hydrogen-bond donors (Lipinski definition) is 1. The average Bonchev–Trinajstić information content (AvgIpc) is 3.44. The van der Waals surface area contributed by atoms with Crippen LogP contribution in [0.2, 0.25) is 0 Å². The number of benzene rings is 3. The minimum absolute atomic E-state index is 0.00865. The molecule has 1 saturated carbocycles. The molecule has 1 N–H and O–H groups in total. The van der Waals surface area contributed by atoms with Crippen LogP contribution in [-0.2, 0) is 14.3 Å². The maximum Gasteiger partial charge on any atom is 0.276 e. The molecule has 0 spiro atoms. The standard InChI is InChI=1S/C33H34BrN3O3/c1-40-31(23-15-9-4-10-16-23)33(39)37-28(21-11-5-2-6-12-21)20-27(36-37)30-29(22-13-7-3-8-14-22)25-19-24(34)17-18-26(25)35-32(30)38/h2-16,24-26,28-31H,17-20H2,1H3,(H,35,38). The third kappa shape index (κ3) is 5.13. The first-order chi connectivity index (χ1) is 19.5. The lowest BCUT2D eigenvalue weighted by Crippen LogP contribution is -2.57. The van der Waals surface area contributed by atoms with Crippen LogP contribution < -0.4 is 5.32 Å². The van der Waals surface area contributed by atoms with Crippen LogP contribution in [0.4, 0.5) is 0 Å². The minimum Gasteiger partial charge on any atom is -0.367 e. The topological polar surface area (TPSA) is 71.0 Å². The van der Waals surface area contributed by atoms with Crippen molar-refractivity contribution < 1.29 is 14.3 Å².